The van der Waals surface area contributed by atoms with Gasteiger partial charge in [0.15, 0.2) is 12.3 Å². The van der Waals surface area contributed by atoms with E-state index in [1.807, 2.05) is 4.90 Å². The summed E-state index contributed by atoms with van der Waals surface area (Å²) in [5.41, 5.74) is 0.193. The normalized spacial score (nSPS) is 14.0. The number of aromatic nitrogens is 2. The van der Waals surface area contributed by atoms with Gasteiger partial charge >= 0.3 is 12.1 Å². The second-order valence-corrected chi connectivity index (χ2v) is 6.59. The van der Waals surface area contributed by atoms with Gasteiger partial charge in [-0.1, -0.05) is 0 Å². The lowest BCUT2D eigenvalue weighted by Gasteiger charge is -2.23. The van der Waals surface area contributed by atoms with Crippen LogP contribution in [0.15, 0.2) is 30.6 Å². The van der Waals surface area contributed by atoms with Crippen LogP contribution < -0.4 is 10.2 Å². The zero-order chi connectivity index (χ0) is 21.0. The van der Waals surface area contributed by atoms with Crippen LogP contribution in [0.3, 0.4) is 0 Å². The summed E-state index contributed by atoms with van der Waals surface area (Å²) in [6, 6.07) is 3.22. The van der Waals surface area contributed by atoms with Crippen molar-refractivity contribution in [1.82, 2.24) is 9.97 Å². The minimum absolute atomic E-state index is 0.0258. The fourth-order valence-electron chi connectivity index (χ4n) is 2.94. The van der Waals surface area contributed by atoms with E-state index in [1.54, 1.807) is 6.92 Å². The summed E-state index contributed by atoms with van der Waals surface area (Å²) in [7, 11) is 0. The van der Waals surface area contributed by atoms with Gasteiger partial charge in [-0.25, -0.2) is 9.78 Å². The van der Waals surface area contributed by atoms with E-state index in [0.29, 0.717) is 24.5 Å². The Morgan fingerprint density at radius 2 is 1.90 bits per heavy atom. The Hall–Kier alpha value is -3.17. The van der Waals surface area contributed by atoms with E-state index >= 15 is 0 Å². The molecule has 1 aliphatic rings. The van der Waals surface area contributed by atoms with Crippen molar-refractivity contribution in [3.63, 3.8) is 0 Å². The van der Waals surface area contributed by atoms with Crippen molar-refractivity contribution in [3.05, 3.63) is 47.5 Å². The summed E-state index contributed by atoms with van der Waals surface area (Å²) in [6.45, 7) is 2.41. The van der Waals surface area contributed by atoms with Crippen LogP contribution in [0.5, 0.6) is 0 Å². The third-order valence-corrected chi connectivity index (χ3v) is 4.37. The number of anilines is 2. The highest BCUT2D eigenvalue weighted by Gasteiger charge is 2.32. The molecule has 29 heavy (non-hydrogen) atoms. The molecule has 1 saturated heterocycles. The van der Waals surface area contributed by atoms with Crippen molar-refractivity contribution in [3.8, 4) is 0 Å². The summed E-state index contributed by atoms with van der Waals surface area (Å²) in [5.74, 6) is -1.60. The molecular weight excluding hydrogens is 389 g/mol. The number of amides is 1. The minimum Gasteiger partial charge on any atom is -0.451 e. The first kappa shape index (κ1) is 20.6. The summed E-state index contributed by atoms with van der Waals surface area (Å²) in [6.07, 6.45) is -0.109. The van der Waals surface area contributed by atoms with Crippen molar-refractivity contribution in [1.29, 1.82) is 0 Å². The maximum absolute atomic E-state index is 13.1. The molecule has 7 nitrogen and oxygen atoms in total. The maximum atomic E-state index is 13.1. The van der Waals surface area contributed by atoms with Gasteiger partial charge in [0.1, 0.15) is 0 Å². The molecule has 0 spiro atoms. The van der Waals surface area contributed by atoms with Crippen molar-refractivity contribution < 1.29 is 27.5 Å². The molecule has 154 valence electrons. The van der Waals surface area contributed by atoms with Gasteiger partial charge in [0.25, 0.3) is 5.91 Å². The Labute approximate surface area is 164 Å². The molecule has 0 atom stereocenters. The van der Waals surface area contributed by atoms with Crippen LogP contribution in [0.25, 0.3) is 0 Å². The number of benzene rings is 1. The van der Waals surface area contributed by atoms with Crippen molar-refractivity contribution in [2.75, 3.05) is 29.9 Å². The Kier molecular flexibility index (Phi) is 6.00. The van der Waals surface area contributed by atoms with E-state index in [0.717, 1.165) is 25.0 Å². The number of aryl methyl sites for hydroxylation is 1. The Morgan fingerprint density at radius 1 is 1.17 bits per heavy atom. The van der Waals surface area contributed by atoms with Crippen molar-refractivity contribution in [2.45, 2.75) is 25.9 Å². The molecule has 1 aliphatic heterocycles. The number of hydrogen-bond donors (Lipinski definition) is 1. The highest BCUT2D eigenvalue weighted by molar-refractivity contribution is 5.97. The highest BCUT2D eigenvalue weighted by atomic mass is 19.4. The molecule has 10 heteroatoms. The lowest BCUT2D eigenvalue weighted by Crippen LogP contribution is -2.25. The number of ether oxygens (including phenoxy) is 1. The van der Waals surface area contributed by atoms with Gasteiger partial charge in [0, 0.05) is 19.3 Å². The largest absolute Gasteiger partial charge is 0.451 e. The van der Waals surface area contributed by atoms with Gasteiger partial charge < -0.3 is 15.0 Å². The number of carbonyl (C=O) groups is 2. The lowest BCUT2D eigenvalue weighted by atomic mass is 10.1. The average molecular weight is 408 g/mol. The van der Waals surface area contributed by atoms with Gasteiger partial charge in [-0.05, 0) is 38.0 Å². The second kappa shape index (κ2) is 8.46. The lowest BCUT2D eigenvalue weighted by molar-refractivity contribution is -0.137. The van der Waals surface area contributed by atoms with Crippen LogP contribution in [-0.2, 0) is 15.7 Å². The minimum atomic E-state index is -4.54. The van der Waals surface area contributed by atoms with E-state index < -0.39 is 30.2 Å². The Bertz CT molecular complexity index is 895. The van der Waals surface area contributed by atoms with E-state index in [-0.39, 0.29) is 11.4 Å². The number of halogens is 3. The molecule has 1 aromatic carbocycles. The van der Waals surface area contributed by atoms with Crippen molar-refractivity contribution >= 4 is 23.3 Å². The maximum Gasteiger partial charge on any atom is 0.416 e. The fourth-order valence-corrected chi connectivity index (χ4v) is 2.94. The van der Waals surface area contributed by atoms with Crippen molar-refractivity contribution in [2.24, 2.45) is 0 Å². The van der Waals surface area contributed by atoms with E-state index in [9.17, 15) is 22.8 Å². The van der Waals surface area contributed by atoms with E-state index in [1.165, 1.54) is 18.5 Å². The molecule has 0 aliphatic carbocycles. The van der Waals surface area contributed by atoms with Crippen LogP contribution in [0.2, 0.25) is 0 Å². The molecule has 1 N–H and O–H groups in total. The number of nitrogens with one attached hydrogen (secondary N) is 1. The van der Waals surface area contributed by atoms with Crippen LogP contribution in [0.1, 0.15) is 34.6 Å². The van der Waals surface area contributed by atoms with Gasteiger partial charge in [0.05, 0.1) is 28.8 Å². The highest BCUT2D eigenvalue weighted by Crippen LogP contribution is 2.36. The predicted octanol–water partition coefficient (Wildman–Crippen LogP) is 3.20. The molecule has 3 rings (SSSR count). The summed E-state index contributed by atoms with van der Waals surface area (Å²) < 4.78 is 44.1. The fraction of sp³-hybridized carbons (Fsp3) is 0.368. The van der Waals surface area contributed by atoms with Gasteiger partial charge in [-0.3, -0.25) is 9.78 Å². The molecule has 1 aromatic heterocycles. The second-order valence-electron chi connectivity index (χ2n) is 6.59. The number of rotatable bonds is 5. The Morgan fingerprint density at radius 3 is 2.52 bits per heavy atom. The van der Waals surface area contributed by atoms with E-state index in [2.05, 4.69) is 15.3 Å². The van der Waals surface area contributed by atoms with Crippen LogP contribution >= 0.6 is 0 Å². The molecule has 2 heterocycles. The molecule has 0 saturated carbocycles. The van der Waals surface area contributed by atoms with E-state index in [4.69, 9.17) is 4.74 Å². The smallest absolute Gasteiger partial charge is 0.416 e. The van der Waals surface area contributed by atoms with Crippen LogP contribution in [0.4, 0.5) is 24.5 Å². The first-order chi connectivity index (χ1) is 13.7. The quantitative estimate of drug-likeness (QED) is 0.765. The molecular formula is C19H19F3N4O3. The number of hydrogen-bond acceptors (Lipinski definition) is 6. The summed E-state index contributed by atoms with van der Waals surface area (Å²) >= 11 is 0. The van der Waals surface area contributed by atoms with Crippen LogP contribution in [0, 0.1) is 6.92 Å². The Balaban J connectivity index is 1.70. The van der Waals surface area contributed by atoms with Gasteiger partial charge in [-0.15, -0.1) is 0 Å². The average Bonchev–Trinajstić information content (AvgIpc) is 3.20. The first-order valence-electron chi connectivity index (χ1n) is 8.96. The molecule has 0 unspecified atom stereocenters. The number of esters is 1. The summed E-state index contributed by atoms with van der Waals surface area (Å²) in [4.78, 5) is 33.8. The topological polar surface area (TPSA) is 84.4 Å². The zero-order valence-corrected chi connectivity index (χ0v) is 15.6. The molecule has 1 amide bonds. The molecule has 0 bridgehead atoms. The van der Waals surface area contributed by atoms with Crippen LogP contribution in [-0.4, -0.2) is 41.5 Å². The first-order valence-corrected chi connectivity index (χ1v) is 8.96. The number of carbonyl (C=O) groups excluding carboxylic acids is 2. The van der Waals surface area contributed by atoms with Gasteiger partial charge in [0.2, 0.25) is 0 Å². The SMILES string of the molecule is Cc1cnc(C(=O)OCC(=O)Nc2cc(C(F)(F)F)ccc2N2CCCC2)cn1. The number of alkyl halides is 3. The third-order valence-electron chi connectivity index (χ3n) is 4.37. The molecule has 0 radical (unpaired) electrons. The standard InChI is InChI=1S/C19H19F3N4O3/c1-12-9-24-15(10-23-12)18(28)29-11-17(27)25-14-8-13(19(20,21)22)4-5-16(14)26-6-2-3-7-26/h4-5,8-10H,2-3,6-7,11H2,1H3,(H,25,27). The predicted molar refractivity (Wildman–Crippen MR) is 98.6 cm³/mol. The monoisotopic (exact) mass is 408 g/mol. The molecule has 2 aromatic rings. The number of nitrogens with zero attached hydrogens (tertiary/aromatic N) is 3. The van der Waals surface area contributed by atoms with Gasteiger partial charge in [-0.2, -0.15) is 13.2 Å². The zero-order valence-electron chi connectivity index (χ0n) is 15.6. The third kappa shape index (κ3) is 5.21. The summed E-state index contributed by atoms with van der Waals surface area (Å²) in [5, 5.41) is 2.42. The molecule has 1 fully saturated rings.